The number of methoxy groups -OCH3 is 1. The van der Waals surface area contributed by atoms with E-state index in [1.807, 2.05) is 50.2 Å². The van der Waals surface area contributed by atoms with E-state index < -0.39 is 11.8 Å². The zero-order valence-corrected chi connectivity index (χ0v) is 20.1. The SMILES string of the molecule is COc1cccc(/C=N\NC(=O)C(=O)Nc2cccc(C)c2C)c1OCc1ccc(Br)cc1. The first kappa shape index (κ1) is 24.0. The Balaban J connectivity index is 1.67. The van der Waals surface area contributed by atoms with Gasteiger partial charge in [-0.1, -0.05) is 46.3 Å². The number of benzene rings is 3. The summed E-state index contributed by atoms with van der Waals surface area (Å²) in [7, 11) is 1.54. The van der Waals surface area contributed by atoms with Gasteiger partial charge in [0.05, 0.1) is 13.3 Å². The van der Waals surface area contributed by atoms with Crippen molar-refractivity contribution in [1.29, 1.82) is 0 Å². The second-order valence-corrected chi connectivity index (χ2v) is 8.11. The van der Waals surface area contributed by atoms with Crippen LogP contribution in [-0.4, -0.2) is 25.1 Å². The van der Waals surface area contributed by atoms with Crippen LogP contribution in [0.15, 0.2) is 70.2 Å². The van der Waals surface area contributed by atoms with E-state index >= 15 is 0 Å². The minimum absolute atomic E-state index is 0.319. The Kier molecular flexibility index (Phi) is 8.21. The number of hydrazone groups is 1. The third-order valence-corrected chi connectivity index (χ3v) is 5.48. The van der Waals surface area contributed by atoms with Crippen LogP contribution >= 0.6 is 15.9 Å². The van der Waals surface area contributed by atoms with E-state index in [9.17, 15) is 9.59 Å². The lowest BCUT2D eigenvalue weighted by Gasteiger charge is -2.13. The number of ether oxygens (including phenoxy) is 2. The molecule has 0 spiro atoms. The maximum Gasteiger partial charge on any atom is 0.329 e. The lowest BCUT2D eigenvalue weighted by molar-refractivity contribution is -0.136. The molecule has 33 heavy (non-hydrogen) atoms. The number of hydrogen-bond donors (Lipinski definition) is 2. The molecule has 170 valence electrons. The molecular weight excluding hydrogens is 486 g/mol. The van der Waals surface area contributed by atoms with Gasteiger partial charge in [-0.05, 0) is 60.9 Å². The van der Waals surface area contributed by atoms with E-state index in [1.165, 1.54) is 6.21 Å². The fraction of sp³-hybridized carbons (Fsp3) is 0.160. The average molecular weight is 510 g/mol. The van der Waals surface area contributed by atoms with E-state index in [0.29, 0.717) is 29.4 Å². The van der Waals surface area contributed by atoms with Crippen molar-refractivity contribution in [3.05, 3.63) is 87.4 Å². The van der Waals surface area contributed by atoms with Gasteiger partial charge in [-0.2, -0.15) is 5.10 Å². The quantitative estimate of drug-likeness (QED) is 0.273. The molecule has 0 saturated heterocycles. The molecule has 0 aliphatic rings. The molecule has 0 saturated carbocycles. The summed E-state index contributed by atoms with van der Waals surface area (Å²) in [5.41, 5.74) is 6.29. The van der Waals surface area contributed by atoms with E-state index in [2.05, 4.69) is 31.8 Å². The highest BCUT2D eigenvalue weighted by atomic mass is 79.9. The zero-order chi connectivity index (χ0) is 23.8. The van der Waals surface area contributed by atoms with Crippen LogP contribution in [0, 0.1) is 13.8 Å². The molecule has 0 aliphatic heterocycles. The van der Waals surface area contributed by atoms with Crippen LogP contribution in [0.5, 0.6) is 11.5 Å². The molecule has 8 heteroatoms. The second kappa shape index (κ2) is 11.3. The number of carbonyl (C=O) groups is 2. The lowest BCUT2D eigenvalue weighted by atomic mass is 10.1. The monoisotopic (exact) mass is 509 g/mol. The summed E-state index contributed by atoms with van der Waals surface area (Å²) in [5.74, 6) is -0.693. The minimum atomic E-state index is -0.882. The van der Waals surface area contributed by atoms with Crippen LogP contribution < -0.4 is 20.2 Å². The Bertz CT molecular complexity index is 1180. The molecule has 2 N–H and O–H groups in total. The van der Waals surface area contributed by atoms with Gasteiger partial charge >= 0.3 is 11.8 Å². The molecule has 0 atom stereocenters. The largest absolute Gasteiger partial charge is 0.493 e. The number of halogens is 1. The summed E-state index contributed by atoms with van der Waals surface area (Å²) >= 11 is 3.41. The van der Waals surface area contributed by atoms with Gasteiger partial charge in [0.25, 0.3) is 0 Å². The van der Waals surface area contributed by atoms with Crippen LogP contribution in [0.2, 0.25) is 0 Å². The maximum absolute atomic E-state index is 12.2. The summed E-state index contributed by atoms with van der Waals surface area (Å²) in [5, 5.41) is 6.52. The van der Waals surface area contributed by atoms with E-state index in [4.69, 9.17) is 9.47 Å². The summed E-state index contributed by atoms with van der Waals surface area (Å²) < 4.78 is 12.4. The molecule has 0 aliphatic carbocycles. The van der Waals surface area contributed by atoms with E-state index in [-0.39, 0.29) is 0 Å². The highest BCUT2D eigenvalue weighted by Gasteiger charge is 2.15. The van der Waals surface area contributed by atoms with Gasteiger partial charge < -0.3 is 14.8 Å². The van der Waals surface area contributed by atoms with Gasteiger partial charge in [-0.25, -0.2) is 5.43 Å². The molecule has 0 heterocycles. The summed E-state index contributed by atoms with van der Waals surface area (Å²) in [6, 6.07) is 18.6. The predicted octanol–water partition coefficient (Wildman–Crippen LogP) is 4.74. The van der Waals surface area contributed by atoms with E-state index in [0.717, 1.165) is 21.2 Å². The number of nitrogens with one attached hydrogen (secondary N) is 2. The van der Waals surface area contributed by atoms with Crippen molar-refractivity contribution in [3.63, 3.8) is 0 Å². The molecule has 0 unspecified atom stereocenters. The molecule has 0 aromatic heterocycles. The number of para-hydroxylation sites is 1. The Morgan fingerprint density at radius 3 is 2.45 bits per heavy atom. The van der Waals surface area contributed by atoms with Crippen molar-refractivity contribution in [2.24, 2.45) is 5.10 Å². The summed E-state index contributed by atoms with van der Waals surface area (Å²) in [4.78, 5) is 24.4. The minimum Gasteiger partial charge on any atom is -0.493 e. The van der Waals surface area contributed by atoms with Gasteiger partial charge in [-0.3, -0.25) is 9.59 Å². The van der Waals surface area contributed by atoms with Crippen molar-refractivity contribution in [2.75, 3.05) is 12.4 Å². The van der Waals surface area contributed by atoms with Gasteiger partial charge in [0.15, 0.2) is 11.5 Å². The smallest absolute Gasteiger partial charge is 0.329 e. The molecule has 0 radical (unpaired) electrons. The first-order valence-corrected chi connectivity index (χ1v) is 10.9. The topological polar surface area (TPSA) is 89.0 Å². The summed E-state index contributed by atoms with van der Waals surface area (Å²) in [6.07, 6.45) is 1.41. The molecule has 3 aromatic carbocycles. The first-order valence-electron chi connectivity index (χ1n) is 10.1. The first-order chi connectivity index (χ1) is 15.9. The van der Waals surface area contributed by atoms with Crippen molar-refractivity contribution in [2.45, 2.75) is 20.5 Å². The highest BCUT2D eigenvalue weighted by Crippen LogP contribution is 2.31. The van der Waals surface area contributed by atoms with Gasteiger partial charge in [-0.15, -0.1) is 0 Å². The van der Waals surface area contributed by atoms with Gasteiger partial charge in [0.1, 0.15) is 6.61 Å². The van der Waals surface area contributed by atoms with Crippen molar-refractivity contribution < 1.29 is 19.1 Å². The maximum atomic E-state index is 12.2. The number of hydrogen-bond acceptors (Lipinski definition) is 5. The van der Waals surface area contributed by atoms with Crippen LogP contribution in [0.1, 0.15) is 22.3 Å². The highest BCUT2D eigenvalue weighted by molar-refractivity contribution is 9.10. The van der Waals surface area contributed by atoms with Crippen molar-refractivity contribution in [1.82, 2.24) is 5.43 Å². The molecule has 0 fully saturated rings. The molecule has 2 amide bonds. The number of carbonyl (C=O) groups excluding carboxylic acids is 2. The van der Waals surface area contributed by atoms with Crippen molar-refractivity contribution >= 4 is 39.6 Å². The summed E-state index contributed by atoms with van der Waals surface area (Å²) in [6.45, 7) is 4.12. The standard InChI is InChI=1S/C25H24BrN3O4/c1-16-6-4-8-21(17(16)2)28-24(30)25(31)29-27-14-19-7-5-9-22(32-3)23(19)33-15-18-10-12-20(26)13-11-18/h4-14H,15H2,1-3H3,(H,28,30)(H,29,31)/b27-14-. The Morgan fingerprint density at radius 1 is 1.00 bits per heavy atom. The second-order valence-electron chi connectivity index (χ2n) is 7.19. The van der Waals surface area contributed by atoms with Crippen LogP contribution in [0.4, 0.5) is 5.69 Å². The fourth-order valence-corrected chi connectivity index (χ4v) is 3.23. The number of aryl methyl sites for hydroxylation is 1. The number of nitrogens with zero attached hydrogens (tertiary/aromatic N) is 1. The molecule has 3 aromatic rings. The normalized spacial score (nSPS) is 10.7. The Morgan fingerprint density at radius 2 is 1.73 bits per heavy atom. The van der Waals surface area contributed by atoms with Crippen LogP contribution in [0.25, 0.3) is 0 Å². The Hall–Kier alpha value is -3.65. The van der Waals surface area contributed by atoms with Crippen molar-refractivity contribution in [3.8, 4) is 11.5 Å². The van der Waals surface area contributed by atoms with Gasteiger partial charge in [0, 0.05) is 15.7 Å². The fourth-order valence-electron chi connectivity index (χ4n) is 2.96. The molecule has 7 nitrogen and oxygen atoms in total. The van der Waals surface area contributed by atoms with E-state index in [1.54, 1.807) is 31.4 Å². The average Bonchev–Trinajstić information content (AvgIpc) is 2.81. The molecular formula is C25H24BrN3O4. The molecule has 3 rings (SSSR count). The Labute approximate surface area is 200 Å². The molecule has 0 bridgehead atoms. The predicted molar refractivity (Wildman–Crippen MR) is 132 cm³/mol. The third kappa shape index (κ3) is 6.43. The number of rotatable bonds is 7. The zero-order valence-electron chi connectivity index (χ0n) is 18.5. The number of amides is 2. The van der Waals surface area contributed by atoms with Gasteiger partial charge in [0.2, 0.25) is 0 Å². The van der Waals surface area contributed by atoms with Crippen LogP contribution in [-0.2, 0) is 16.2 Å². The lowest BCUT2D eigenvalue weighted by Crippen LogP contribution is -2.32. The third-order valence-electron chi connectivity index (χ3n) is 4.95. The van der Waals surface area contributed by atoms with Crippen LogP contribution in [0.3, 0.4) is 0 Å². The number of anilines is 1.